The molecule has 0 radical (unpaired) electrons. The Morgan fingerprint density at radius 1 is 1.38 bits per heavy atom. The smallest absolute Gasteiger partial charge is 0.220 e. The summed E-state index contributed by atoms with van der Waals surface area (Å²) < 4.78 is 5.73. The van der Waals surface area contributed by atoms with E-state index in [0.717, 1.165) is 37.7 Å². The van der Waals surface area contributed by atoms with E-state index >= 15 is 0 Å². The lowest BCUT2D eigenvalue weighted by molar-refractivity contribution is 0.388. The van der Waals surface area contributed by atoms with Gasteiger partial charge in [0, 0.05) is 18.9 Å². The van der Waals surface area contributed by atoms with E-state index in [0.29, 0.717) is 11.8 Å². The van der Waals surface area contributed by atoms with Crippen LogP contribution in [0.4, 0.5) is 0 Å². The first-order valence-electron chi connectivity index (χ1n) is 6.28. The molecular weight excluding hydrogens is 202 g/mol. The highest BCUT2D eigenvalue weighted by molar-refractivity contribution is 4.94. The molecule has 2 rings (SSSR count). The number of nitrogens with one attached hydrogen (secondary N) is 1. The van der Waals surface area contributed by atoms with Gasteiger partial charge in [0.2, 0.25) is 11.8 Å². The van der Waals surface area contributed by atoms with E-state index in [4.69, 9.17) is 4.42 Å². The van der Waals surface area contributed by atoms with Crippen LogP contribution in [0, 0.1) is 5.92 Å². The minimum Gasteiger partial charge on any atom is -0.425 e. The first kappa shape index (κ1) is 11.6. The van der Waals surface area contributed by atoms with Gasteiger partial charge in [-0.05, 0) is 25.3 Å². The fourth-order valence-electron chi connectivity index (χ4n) is 2.09. The Morgan fingerprint density at radius 3 is 3.06 bits per heavy atom. The maximum atomic E-state index is 5.73. The van der Waals surface area contributed by atoms with Crippen molar-refractivity contribution in [1.82, 2.24) is 15.5 Å². The highest BCUT2D eigenvalue weighted by Gasteiger charge is 2.20. The second kappa shape index (κ2) is 5.43. The van der Waals surface area contributed by atoms with Crippen molar-refractivity contribution in [3.8, 4) is 0 Å². The van der Waals surface area contributed by atoms with Crippen molar-refractivity contribution in [1.29, 1.82) is 0 Å². The van der Waals surface area contributed by atoms with Crippen LogP contribution in [0.2, 0.25) is 0 Å². The third-order valence-corrected chi connectivity index (χ3v) is 2.96. The first-order chi connectivity index (χ1) is 7.75. The van der Waals surface area contributed by atoms with E-state index in [1.807, 2.05) is 0 Å². The van der Waals surface area contributed by atoms with E-state index in [1.54, 1.807) is 0 Å². The van der Waals surface area contributed by atoms with Crippen molar-refractivity contribution in [2.24, 2.45) is 5.92 Å². The fourth-order valence-corrected chi connectivity index (χ4v) is 2.09. The minimum atomic E-state index is 0.413. The molecule has 1 fully saturated rings. The van der Waals surface area contributed by atoms with Crippen LogP contribution in [0.1, 0.15) is 50.8 Å². The zero-order chi connectivity index (χ0) is 11.4. The molecule has 2 heterocycles. The van der Waals surface area contributed by atoms with Crippen LogP contribution in [0.5, 0.6) is 0 Å². The Balaban J connectivity index is 1.99. The molecule has 1 aliphatic rings. The highest BCUT2D eigenvalue weighted by Crippen LogP contribution is 2.22. The number of rotatable bonds is 3. The van der Waals surface area contributed by atoms with Gasteiger partial charge in [0.05, 0.1) is 0 Å². The molecule has 4 heteroatoms. The average Bonchev–Trinajstić information content (AvgIpc) is 2.53. The van der Waals surface area contributed by atoms with Crippen LogP contribution in [0.3, 0.4) is 0 Å². The molecule has 0 aliphatic carbocycles. The average molecular weight is 223 g/mol. The Hall–Kier alpha value is -0.900. The van der Waals surface area contributed by atoms with Crippen LogP contribution in [-0.4, -0.2) is 23.3 Å². The number of nitrogens with zero attached hydrogens (tertiary/aromatic N) is 2. The van der Waals surface area contributed by atoms with Gasteiger partial charge in [0.1, 0.15) is 0 Å². The summed E-state index contributed by atoms with van der Waals surface area (Å²) in [6, 6.07) is 0. The standard InChI is InChI=1S/C12H21N3O/c1-9(2)7-11-14-15-12(16-11)10-5-3-4-6-13-8-10/h9-10,13H,3-8H2,1-2H3. The van der Waals surface area contributed by atoms with E-state index < -0.39 is 0 Å². The summed E-state index contributed by atoms with van der Waals surface area (Å²) in [7, 11) is 0. The largest absolute Gasteiger partial charge is 0.425 e. The summed E-state index contributed by atoms with van der Waals surface area (Å²) in [4.78, 5) is 0. The van der Waals surface area contributed by atoms with Crippen LogP contribution in [0.25, 0.3) is 0 Å². The summed E-state index contributed by atoms with van der Waals surface area (Å²) in [6.07, 6.45) is 4.55. The highest BCUT2D eigenvalue weighted by atomic mass is 16.4. The summed E-state index contributed by atoms with van der Waals surface area (Å²) in [6.45, 7) is 6.42. The molecule has 16 heavy (non-hydrogen) atoms. The monoisotopic (exact) mass is 223 g/mol. The molecular formula is C12H21N3O. The molecule has 0 saturated carbocycles. The van der Waals surface area contributed by atoms with Crippen LogP contribution in [0.15, 0.2) is 4.42 Å². The van der Waals surface area contributed by atoms with Gasteiger partial charge in [0.25, 0.3) is 0 Å². The van der Waals surface area contributed by atoms with Gasteiger partial charge in [0.15, 0.2) is 0 Å². The Morgan fingerprint density at radius 2 is 2.25 bits per heavy atom. The van der Waals surface area contributed by atoms with Gasteiger partial charge in [-0.15, -0.1) is 10.2 Å². The molecule has 1 atom stereocenters. The second-order valence-corrected chi connectivity index (χ2v) is 5.03. The zero-order valence-electron chi connectivity index (χ0n) is 10.2. The van der Waals surface area contributed by atoms with E-state index in [9.17, 15) is 0 Å². The summed E-state index contributed by atoms with van der Waals surface area (Å²) in [5.41, 5.74) is 0. The molecule has 4 nitrogen and oxygen atoms in total. The Bertz CT molecular complexity index is 314. The molecule has 1 saturated heterocycles. The maximum Gasteiger partial charge on any atom is 0.220 e. The number of hydrogen-bond donors (Lipinski definition) is 1. The lowest BCUT2D eigenvalue weighted by atomic mass is 10.0. The molecule has 1 aliphatic heterocycles. The minimum absolute atomic E-state index is 0.413. The normalized spacial score (nSPS) is 22.3. The lowest BCUT2D eigenvalue weighted by Gasteiger charge is -2.08. The molecule has 1 unspecified atom stereocenters. The van der Waals surface area contributed by atoms with Crippen molar-refractivity contribution >= 4 is 0 Å². The van der Waals surface area contributed by atoms with E-state index in [2.05, 4.69) is 29.4 Å². The molecule has 1 N–H and O–H groups in total. The Labute approximate surface area is 96.8 Å². The van der Waals surface area contributed by atoms with Crippen LogP contribution in [-0.2, 0) is 6.42 Å². The predicted octanol–water partition coefficient (Wildman–Crippen LogP) is 2.13. The SMILES string of the molecule is CC(C)Cc1nnc(C2CCCCNC2)o1. The van der Waals surface area contributed by atoms with Crippen LogP contribution < -0.4 is 5.32 Å². The van der Waals surface area contributed by atoms with Gasteiger partial charge >= 0.3 is 0 Å². The molecule has 0 spiro atoms. The number of aromatic nitrogens is 2. The topological polar surface area (TPSA) is 51.0 Å². The van der Waals surface area contributed by atoms with E-state index in [1.165, 1.54) is 12.8 Å². The van der Waals surface area contributed by atoms with Gasteiger partial charge < -0.3 is 9.73 Å². The van der Waals surface area contributed by atoms with Gasteiger partial charge in [-0.2, -0.15) is 0 Å². The van der Waals surface area contributed by atoms with Crippen molar-refractivity contribution in [2.75, 3.05) is 13.1 Å². The molecule has 0 bridgehead atoms. The fraction of sp³-hybridized carbons (Fsp3) is 0.833. The summed E-state index contributed by atoms with van der Waals surface area (Å²) in [5.74, 6) is 2.59. The lowest BCUT2D eigenvalue weighted by Crippen LogP contribution is -2.19. The molecule has 1 aromatic heterocycles. The summed E-state index contributed by atoms with van der Waals surface area (Å²) >= 11 is 0. The van der Waals surface area contributed by atoms with Gasteiger partial charge in [-0.1, -0.05) is 20.3 Å². The Kier molecular flexibility index (Phi) is 3.93. The third-order valence-electron chi connectivity index (χ3n) is 2.96. The third kappa shape index (κ3) is 3.04. The summed E-state index contributed by atoms with van der Waals surface area (Å²) in [5, 5.41) is 11.7. The maximum absolute atomic E-state index is 5.73. The molecule has 1 aromatic rings. The predicted molar refractivity (Wildman–Crippen MR) is 62.3 cm³/mol. The van der Waals surface area contributed by atoms with Crippen molar-refractivity contribution in [3.63, 3.8) is 0 Å². The molecule has 0 amide bonds. The second-order valence-electron chi connectivity index (χ2n) is 5.03. The quantitative estimate of drug-likeness (QED) is 0.852. The number of hydrogen-bond acceptors (Lipinski definition) is 4. The van der Waals surface area contributed by atoms with E-state index in [-0.39, 0.29) is 0 Å². The van der Waals surface area contributed by atoms with Gasteiger partial charge in [-0.3, -0.25) is 0 Å². The first-order valence-corrected chi connectivity index (χ1v) is 6.28. The molecule has 0 aromatic carbocycles. The van der Waals surface area contributed by atoms with Crippen molar-refractivity contribution < 1.29 is 4.42 Å². The van der Waals surface area contributed by atoms with Crippen molar-refractivity contribution in [2.45, 2.75) is 45.4 Å². The molecule has 90 valence electrons. The van der Waals surface area contributed by atoms with Gasteiger partial charge in [-0.25, -0.2) is 0 Å². The zero-order valence-corrected chi connectivity index (χ0v) is 10.2. The van der Waals surface area contributed by atoms with Crippen molar-refractivity contribution in [3.05, 3.63) is 11.8 Å². The van der Waals surface area contributed by atoms with Crippen LogP contribution >= 0.6 is 0 Å².